The average molecular weight is 394 g/mol. The highest BCUT2D eigenvalue weighted by molar-refractivity contribution is 9.10. The number of rotatable bonds is 7. The Morgan fingerprint density at radius 2 is 2.10 bits per heavy atom. The minimum Gasteiger partial charge on any atom is -0.329 e. The van der Waals surface area contributed by atoms with Crippen LogP contribution in [-0.2, 0) is 0 Å². The van der Waals surface area contributed by atoms with Crippen LogP contribution in [-0.4, -0.2) is 24.0 Å². The molecule has 2 rings (SSSR count). The zero-order valence-electron chi connectivity index (χ0n) is 12.9. The van der Waals surface area contributed by atoms with E-state index >= 15 is 0 Å². The molecule has 1 fully saturated rings. The van der Waals surface area contributed by atoms with Crippen molar-refractivity contribution in [2.24, 2.45) is 11.7 Å². The SMILES string of the molecule is CC(C)CCN(C1CCCC1)C(CN)c1cc(Br)c(Cl)s1. The van der Waals surface area contributed by atoms with Crippen LogP contribution in [0.3, 0.4) is 0 Å². The smallest absolute Gasteiger partial charge is 0.107 e. The summed E-state index contributed by atoms with van der Waals surface area (Å²) in [6, 6.07) is 3.15. The Bertz CT molecular complexity index is 424. The molecule has 1 aliphatic rings. The number of nitrogens with zero attached hydrogens (tertiary/aromatic N) is 1. The van der Waals surface area contributed by atoms with Gasteiger partial charge in [0.05, 0.1) is 6.04 Å². The van der Waals surface area contributed by atoms with Crippen LogP contribution in [0.25, 0.3) is 0 Å². The predicted octanol–water partition coefficient (Wildman–Crippen LogP) is 5.45. The number of thiophene rings is 1. The highest BCUT2D eigenvalue weighted by atomic mass is 79.9. The molecule has 1 atom stereocenters. The largest absolute Gasteiger partial charge is 0.329 e. The molecular formula is C16H26BrClN2S. The van der Waals surface area contributed by atoms with Gasteiger partial charge < -0.3 is 5.73 Å². The van der Waals surface area contributed by atoms with Crippen molar-refractivity contribution in [3.05, 3.63) is 19.8 Å². The topological polar surface area (TPSA) is 29.3 Å². The molecule has 2 nitrogen and oxygen atoms in total. The monoisotopic (exact) mass is 392 g/mol. The third-order valence-electron chi connectivity index (χ3n) is 4.37. The number of halogens is 2. The molecule has 1 aliphatic carbocycles. The van der Waals surface area contributed by atoms with Crippen LogP contribution in [0.5, 0.6) is 0 Å². The van der Waals surface area contributed by atoms with E-state index in [1.807, 2.05) is 0 Å². The van der Waals surface area contributed by atoms with Crippen LogP contribution in [0.2, 0.25) is 4.34 Å². The molecule has 1 aromatic heterocycles. The van der Waals surface area contributed by atoms with E-state index in [4.69, 9.17) is 17.3 Å². The molecule has 5 heteroatoms. The van der Waals surface area contributed by atoms with Crippen LogP contribution in [0.1, 0.15) is 56.9 Å². The van der Waals surface area contributed by atoms with Crippen molar-refractivity contribution in [3.8, 4) is 0 Å². The molecule has 1 unspecified atom stereocenters. The van der Waals surface area contributed by atoms with E-state index in [0.29, 0.717) is 18.6 Å². The average Bonchev–Trinajstić information content (AvgIpc) is 3.05. The van der Waals surface area contributed by atoms with Gasteiger partial charge in [0.25, 0.3) is 0 Å². The first kappa shape index (κ1) is 17.7. The Morgan fingerprint density at radius 1 is 1.43 bits per heavy atom. The van der Waals surface area contributed by atoms with Gasteiger partial charge in [0.1, 0.15) is 4.34 Å². The van der Waals surface area contributed by atoms with Crippen molar-refractivity contribution in [3.63, 3.8) is 0 Å². The van der Waals surface area contributed by atoms with Gasteiger partial charge in [0, 0.05) is 21.9 Å². The van der Waals surface area contributed by atoms with E-state index in [9.17, 15) is 0 Å². The second-order valence-electron chi connectivity index (χ2n) is 6.38. The van der Waals surface area contributed by atoms with Crippen molar-refractivity contribution in [1.29, 1.82) is 0 Å². The highest BCUT2D eigenvalue weighted by Gasteiger charge is 2.30. The zero-order chi connectivity index (χ0) is 15.4. The Balaban J connectivity index is 2.18. The van der Waals surface area contributed by atoms with Crippen LogP contribution < -0.4 is 5.73 Å². The van der Waals surface area contributed by atoms with Gasteiger partial charge in [0.15, 0.2) is 0 Å². The van der Waals surface area contributed by atoms with Gasteiger partial charge in [-0.15, -0.1) is 11.3 Å². The number of hydrogen-bond acceptors (Lipinski definition) is 3. The minimum absolute atomic E-state index is 0.306. The lowest BCUT2D eigenvalue weighted by molar-refractivity contribution is 0.133. The molecule has 0 saturated heterocycles. The molecule has 0 spiro atoms. The van der Waals surface area contributed by atoms with E-state index in [1.54, 1.807) is 11.3 Å². The standard InChI is InChI=1S/C16H26BrClN2S/c1-11(2)7-8-20(12-5-3-4-6-12)14(10-19)15-9-13(17)16(18)21-15/h9,11-12,14H,3-8,10,19H2,1-2H3. The maximum Gasteiger partial charge on any atom is 0.107 e. The predicted molar refractivity (Wildman–Crippen MR) is 97.2 cm³/mol. The van der Waals surface area contributed by atoms with E-state index < -0.39 is 0 Å². The Labute approximate surface area is 146 Å². The molecule has 21 heavy (non-hydrogen) atoms. The van der Waals surface area contributed by atoms with Crippen LogP contribution >= 0.6 is 38.9 Å². The fourth-order valence-electron chi connectivity index (χ4n) is 3.18. The van der Waals surface area contributed by atoms with Crippen LogP contribution in [0.15, 0.2) is 10.5 Å². The lowest BCUT2D eigenvalue weighted by Crippen LogP contribution is -2.41. The summed E-state index contributed by atoms with van der Waals surface area (Å²) in [5.41, 5.74) is 6.15. The molecule has 0 bridgehead atoms. The van der Waals surface area contributed by atoms with Gasteiger partial charge in [-0.05, 0) is 53.7 Å². The second-order valence-corrected chi connectivity index (χ2v) is 8.92. The summed E-state index contributed by atoms with van der Waals surface area (Å²) in [5.74, 6) is 0.728. The summed E-state index contributed by atoms with van der Waals surface area (Å²) < 4.78 is 1.83. The van der Waals surface area contributed by atoms with Crippen molar-refractivity contribution in [1.82, 2.24) is 4.90 Å². The zero-order valence-corrected chi connectivity index (χ0v) is 16.1. The summed E-state index contributed by atoms with van der Waals surface area (Å²) in [6.07, 6.45) is 6.57. The lowest BCUT2D eigenvalue weighted by Gasteiger charge is -2.36. The summed E-state index contributed by atoms with van der Waals surface area (Å²) in [7, 11) is 0. The molecule has 1 saturated carbocycles. The summed E-state index contributed by atoms with van der Waals surface area (Å²) in [4.78, 5) is 3.95. The molecule has 0 aromatic carbocycles. The minimum atomic E-state index is 0.306. The quantitative estimate of drug-likeness (QED) is 0.667. The third kappa shape index (κ3) is 4.68. The maximum absolute atomic E-state index is 6.23. The summed E-state index contributed by atoms with van der Waals surface area (Å²) >= 11 is 11.4. The third-order valence-corrected chi connectivity index (χ3v) is 6.95. The van der Waals surface area contributed by atoms with Gasteiger partial charge in [-0.25, -0.2) is 0 Å². The van der Waals surface area contributed by atoms with E-state index in [-0.39, 0.29) is 0 Å². The van der Waals surface area contributed by atoms with Crippen molar-refractivity contribution >= 4 is 38.9 Å². The Hall–Kier alpha value is 0.390. The molecule has 0 radical (unpaired) electrons. The maximum atomic E-state index is 6.23. The first-order valence-corrected chi connectivity index (χ1v) is 9.92. The first-order valence-electron chi connectivity index (χ1n) is 7.93. The van der Waals surface area contributed by atoms with Gasteiger partial charge in [-0.1, -0.05) is 38.3 Å². The van der Waals surface area contributed by atoms with Crippen molar-refractivity contribution < 1.29 is 0 Å². The van der Waals surface area contributed by atoms with Crippen molar-refractivity contribution in [2.75, 3.05) is 13.1 Å². The Morgan fingerprint density at radius 3 is 2.57 bits per heavy atom. The fourth-order valence-corrected chi connectivity index (χ4v) is 5.05. The van der Waals surface area contributed by atoms with E-state index in [0.717, 1.165) is 21.3 Å². The normalized spacial score (nSPS) is 18.0. The summed E-state index contributed by atoms with van der Waals surface area (Å²) in [5, 5.41) is 0. The molecule has 120 valence electrons. The van der Waals surface area contributed by atoms with Crippen LogP contribution in [0.4, 0.5) is 0 Å². The number of hydrogen-bond donors (Lipinski definition) is 1. The molecule has 1 heterocycles. The Kier molecular flexibility index (Phi) is 7.01. The van der Waals surface area contributed by atoms with Gasteiger partial charge >= 0.3 is 0 Å². The molecule has 1 aromatic rings. The van der Waals surface area contributed by atoms with Crippen molar-refractivity contribution in [2.45, 2.75) is 58.0 Å². The molecule has 0 aliphatic heterocycles. The molecular weight excluding hydrogens is 368 g/mol. The molecule has 0 amide bonds. The lowest BCUT2D eigenvalue weighted by atomic mass is 10.1. The molecule has 2 N–H and O–H groups in total. The van der Waals surface area contributed by atoms with E-state index in [1.165, 1.54) is 37.0 Å². The highest BCUT2D eigenvalue weighted by Crippen LogP contribution is 2.39. The summed E-state index contributed by atoms with van der Waals surface area (Å²) in [6.45, 7) is 6.39. The van der Waals surface area contributed by atoms with Gasteiger partial charge in [-0.2, -0.15) is 0 Å². The van der Waals surface area contributed by atoms with Gasteiger partial charge in [0.2, 0.25) is 0 Å². The second kappa shape index (κ2) is 8.30. The van der Waals surface area contributed by atoms with E-state index in [2.05, 4.69) is 40.7 Å². The van der Waals surface area contributed by atoms with Gasteiger partial charge in [-0.3, -0.25) is 4.90 Å². The number of nitrogens with two attached hydrogens (primary N) is 1. The van der Waals surface area contributed by atoms with Crippen LogP contribution in [0, 0.1) is 5.92 Å². The fraction of sp³-hybridized carbons (Fsp3) is 0.750. The first-order chi connectivity index (χ1) is 10.0.